The van der Waals surface area contributed by atoms with Crippen molar-refractivity contribution in [2.24, 2.45) is 5.41 Å². The van der Waals surface area contributed by atoms with Gasteiger partial charge in [0, 0.05) is 12.4 Å². The van der Waals surface area contributed by atoms with Crippen LogP contribution in [-0.2, 0) is 6.18 Å². The van der Waals surface area contributed by atoms with Crippen molar-refractivity contribution < 1.29 is 23.0 Å². The molecule has 146 valence electrons. The molecule has 3 heterocycles. The molecule has 2 aromatic heterocycles. The van der Waals surface area contributed by atoms with Crippen molar-refractivity contribution >= 4 is 11.5 Å². The Morgan fingerprint density at radius 3 is 2.52 bits per heavy atom. The minimum absolute atomic E-state index is 0.00423. The molecule has 27 heavy (non-hydrogen) atoms. The highest BCUT2D eigenvalue weighted by Crippen LogP contribution is 2.30. The standard InChI is InChI=1S/C17H20F3N5O2/c1-16(2,3)9-27-11-4-5-14(21-6-11)25-15(26)12(7-23-25)24-8-13(22-10-24)17(18,19)20/h4-8,10,15,23,26H,9H2,1-3H3. The molecule has 2 aromatic rings. The molecule has 1 aliphatic rings. The summed E-state index contributed by atoms with van der Waals surface area (Å²) in [5.74, 6) is 0.966. The van der Waals surface area contributed by atoms with E-state index in [4.69, 9.17) is 4.74 Å². The summed E-state index contributed by atoms with van der Waals surface area (Å²) in [5, 5.41) is 11.8. The van der Waals surface area contributed by atoms with E-state index in [0.717, 1.165) is 17.1 Å². The third-order valence-electron chi connectivity index (χ3n) is 3.67. The predicted octanol–water partition coefficient (Wildman–Crippen LogP) is 2.86. The van der Waals surface area contributed by atoms with E-state index in [1.807, 2.05) is 20.8 Å². The van der Waals surface area contributed by atoms with E-state index < -0.39 is 18.1 Å². The number of halogens is 3. The number of hydrazine groups is 1. The molecule has 0 amide bonds. The van der Waals surface area contributed by atoms with Crippen LogP contribution in [0.4, 0.5) is 19.0 Å². The van der Waals surface area contributed by atoms with Crippen molar-refractivity contribution in [3.63, 3.8) is 0 Å². The second kappa shape index (κ2) is 6.76. The fourth-order valence-corrected chi connectivity index (χ4v) is 2.32. The Labute approximate surface area is 154 Å². The number of imidazole rings is 1. The molecule has 7 nitrogen and oxygen atoms in total. The van der Waals surface area contributed by atoms with E-state index in [-0.39, 0.29) is 11.1 Å². The van der Waals surface area contributed by atoms with Gasteiger partial charge in [0.15, 0.2) is 11.9 Å². The van der Waals surface area contributed by atoms with E-state index in [1.165, 1.54) is 17.4 Å². The summed E-state index contributed by atoms with van der Waals surface area (Å²) in [4.78, 5) is 7.55. The third kappa shape index (κ3) is 4.33. The number of alkyl halides is 3. The van der Waals surface area contributed by atoms with Crippen LogP contribution in [-0.4, -0.2) is 32.5 Å². The van der Waals surface area contributed by atoms with Gasteiger partial charge in [0.1, 0.15) is 11.6 Å². The van der Waals surface area contributed by atoms with Crippen molar-refractivity contribution in [1.82, 2.24) is 20.0 Å². The number of hydrogen-bond acceptors (Lipinski definition) is 6. The van der Waals surface area contributed by atoms with Gasteiger partial charge < -0.3 is 14.4 Å². The lowest BCUT2D eigenvalue weighted by molar-refractivity contribution is -0.140. The summed E-state index contributed by atoms with van der Waals surface area (Å²) in [7, 11) is 0. The van der Waals surface area contributed by atoms with Crippen LogP contribution in [0, 0.1) is 5.41 Å². The highest BCUT2D eigenvalue weighted by atomic mass is 19.4. The Bertz CT molecular complexity index is 824. The number of rotatable bonds is 4. The van der Waals surface area contributed by atoms with Crippen LogP contribution in [0.25, 0.3) is 5.70 Å². The molecule has 0 aromatic carbocycles. The van der Waals surface area contributed by atoms with Gasteiger partial charge in [-0.1, -0.05) is 20.8 Å². The van der Waals surface area contributed by atoms with E-state index in [1.54, 1.807) is 12.1 Å². The van der Waals surface area contributed by atoms with Gasteiger partial charge in [0.05, 0.1) is 24.8 Å². The van der Waals surface area contributed by atoms with Gasteiger partial charge >= 0.3 is 6.18 Å². The zero-order valence-corrected chi connectivity index (χ0v) is 15.0. The van der Waals surface area contributed by atoms with Crippen molar-refractivity contribution in [1.29, 1.82) is 0 Å². The fraction of sp³-hybridized carbons (Fsp3) is 0.412. The van der Waals surface area contributed by atoms with Crippen molar-refractivity contribution in [2.75, 3.05) is 11.6 Å². The van der Waals surface area contributed by atoms with Crippen LogP contribution in [0.5, 0.6) is 5.75 Å². The van der Waals surface area contributed by atoms with Crippen molar-refractivity contribution in [3.05, 3.63) is 42.7 Å². The van der Waals surface area contributed by atoms with E-state index in [2.05, 4.69) is 15.4 Å². The molecule has 3 rings (SSSR count). The molecular formula is C17H20F3N5O2. The van der Waals surface area contributed by atoms with E-state index in [9.17, 15) is 18.3 Å². The molecular weight excluding hydrogens is 363 g/mol. The van der Waals surface area contributed by atoms with Gasteiger partial charge in [-0.25, -0.2) is 15.0 Å². The lowest BCUT2D eigenvalue weighted by atomic mass is 9.99. The summed E-state index contributed by atoms with van der Waals surface area (Å²) in [6.45, 7) is 6.67. The quantitative estimate of drug-likeness (QED) is 0.846. The van der Waals surface area contributed by atoms with Gasteiger partial charge in [-0.15, -0.1) is 0 Å². The predicted molar refractivity (Wildman–Crippen MR) is 92.3 cm³/mol. The Kier molecular flexibility index (Phi) is 4.77. The molecule has 1 unspecified atom stereocenters. The number of anilines is 1. The van der Waals surface area contributed by atoms with Crippen LogP contribution in [0.1, 0.15) is 26.5 Å². The molecule has 10 heteroatoms. The maximum absolute atomic E-state index is 12.7. The SMILES string of the molecule is CC(C)(C)COc1ccc(N2NC=C(n3cnc(C(F)(F)F)c3)C2O)nc1. The second-order valence-electron chi connectivity index (χ2n) is 7.31. The maximum Gasteiger partial charge on any atom is 0.434 e. The molecule has 0 aliphatic carbocycles. The number of ether oxygens (including phenoxy) is 1. The number of aliphatic hydroxyl groups excluding tert-OH is 1. The molecule has 0 saturated heterocycles. The maximum atomic E-state index is 12.7. The highest BCUT2D eigenvalue weighted by Gasteiger charge is 2.35. The van der Waals surface area contributed by atoms with E-state index >= 15 is 0 Å². The Morgan fingerprint density at radius 2 is 1.96 bits per heavy atom. The first-order valence-corrected chi connectivity index (χ1v) is 8.18. The minimum atomic E-state index is -4.55. The average Bonchev–Trinajstić information content (AvgIpc) is 3.19. The topological polar surface area (TPSA) is 75.4 Å². The normalized spacial score (nSPS) is 17.7. The summed E-state index contributed by atoms with van der Waals surface area (Å²) >= 11 is 0. The summed E-state index contributed by atoms with van der Waals surface area (Å²) in [6, 6.07) is 3.35. The number of pyridine rings is 1. The number of nitrogens with zero attached hydrogens (tertiary/aromatic N) is 4. The largest absolute Gasteiger partial charge is 0.491 e. The molecule has 2 N–H and O–H groups in total. The zero-order chi connectivity index (χ0) is 19.8. The van der Waals surface area contributed by atoms with Gasteiger partial charge in [-0.3, -0.25) is 5.43 Å². The molecule has 1 atom stereocenters. The first-order valence-electron chi connectivity index (χ1n) is 8.18. The van der Waals surface area contributed by atoms with E-state index in [0.29, 0.717) is 18.2 Å². The van der Waals surface area contributed by atoms with Gasteiger partial charge in [-0.2, -0.15) is 13.2 Å². The average molecular weight is 383 g/mol. The number of hydrogen-bond donors (Lipinski definition) is 2. The van der Waals surface area contributed by atoms with Crippen LogP contribution in [0.3, 0.4) is 0 Å². The molecule has 0 fully saturated rings. The zero-order valence-electron chi connectivity index (χ0n) is 15.0. The molecule has 0 radical (unpaired) electrons. The number of nitrogens with one attached hydrogen (secondary N) is 1. The summed E-state index contributed by atoms with van der Waals surface area (Å²) in [5.41, 5.74) is 1.94. The molecule has 1 aliphatic heterocycles. The molecule has 0 spiro atoms. The Hall–Kier alpha value is -2.75. The smallest absolute Gasteiger partial charge is 0.434 e. The lowest BCUT2D eigenvalue weighted by Crippen LogP contribution is -2.39. The first-order chi connectivity index (χ1) is 12.5. The lowest BCUT2D eigenvalue weighted by Gasteiger charge is -2.23. The van der Waals surface area contributed by atoms with Gasteiger partial charge in [0.25, 0.3) is 0 Å². The summed E-state index contributed by atoms with van der Waals surface area (Å²) < 4.78 is 44.8. The minimum Gasteiger partial charge on any atom is -0.491 e. The van der Waals surface area contributed by atoms with Crippen LogP contribution >= 0.6 is 0 Å². The molecule has 0 bridgehead atoms. The fourth-order valence-electron chi connectivity index (χ4n) is 2.32. The monoisotopic (exact) mass is 383 g/mol. The van der Waals surface area contributed by atoms with Crippen molar-refractivity contribution in [2.45, 2.75) is 33.2 Å². The highest BCUT2D eigenvalue weighted by molar-refractivity contribution is 5.60. The Morgan fingerprint density at radius 1 is 1.22 bits per heavy atom. The van der Waals surface area contributed by atoms with Gasteiger partial charge in [0.2, 0.25) is 0 Å². The van der Waals surface area contributed by atoms with Crippen molar-refractivity contribution in [3.8, 4) is 5.75 Å². The number of aliphatic hydroxyl groups is 1. The second-order valence-corrected chi connectivity index (χ2v) is 7.31. The summed E-state index contributed by atoms with van der Waals surface area (Å²) in [6.07, 6.45) is -1.07. The Balaban J connectivity index is 1.69. The number of aromatic nitrogens is 3. The van der Waals surface area contributed by atoms with Crippen LogP contribution < -0.4 is 15.2 Å². The van der Waals surface area contributed by atoms with Gasteiger partial charge in [-0.05, 0) is 17.5 Å². The third-order valence-corrected chi connectivity index (χ3v) is 3.67. The molecule has 0 saturated carbocycles. The van der Waals surface area contributed by atoms with Crippen LogP contribution in [0.15, 0.2) is 37.1 Å². The first kappa shape index (κ1) is 19.0. The van der Waals surface area contributed by atoms with Crippen LogP contribution in [0.2, 0.25) is 0 Å².